The number of rotatable bonds is 4. The van der Waals surface area contributed by atoms with Crippen LogP contribution in [0.4, 0.5) is 0 Å². The van der Waals surface area contributed by atoms with Crippen LogP contribution in [0, 0.1) is 0 Å². The van der Waals surface area contributed by atoms with Gasteiger partial charge in [0.1, 0.15) is 5.50 Å². The van der Waals surface area contributed by atoms with Gasteiger partial charge in [0.15, 0.2) is 0 Å². The van der Waals surface area contributed by atoms with Gasteiger partial charge in [0.05, 0.1) is 0 Å². The van der Waals surface area contributed by atoms with Gasteiger partial charge in [-0.15, -0.1) is 0 Å². The number of furan rings is 1. The fourth-order valence-electron chi connectivity index (χ4n) is 2.08. The molecule has 0 saturated carbocycles. The van der Waals surface area contributed by atoms with Crippen molar-refractivity contribution in [1.82, 2.24) is 0 Å². The van der Waals surface area contributed by atoms with Gasteiger partial charge in [-0.05, 0) is 22.7 Å². The average Bonchev–Trinajstić information content (AvgIpc) is 3.00. The zero-order chi connectivity index (χ0) is 14.7. The van der Waals surface area contributed by atoms with E-state index in [0.717, 1.165) is 16.1 Å². The van der Waals surface area contributed by atoms with Crippen molar-refractivity contribution in [3.8, 4) is 0 Å². The molecule has 6 heteroatoms. The van der Waals surface area contributed by atoms with Crippen LogP contribution in [0.2, 0.25) is 0 Å². The summed E-state index contributed by atoms with van der Waals surface area (Å²) < 4.78 is 25.9. The van der Waals surface area contributed by atoms with E-state index >= 15 is 0 Å². The molecule has 0 saturated heterocycles. The van der Waals surface area contributed by atoms with Gasteiger partial charge >= 0.3 is 29.6 Å². The second-order valence-corrected chi connectivity index (χ2v) is 7.39. The molecule has 3 aromatic rings. The first-order chi connectivity index (χ1) is 10.3. The Hall–Kier alpha value is -0.740. The van der Waals surface area contributed by atoms with Crippen molar-refractivity contribution in [2.75, 3.05) is 0 Å². The van der Waals surface area contributed by atoms with Crippen LogP contribution in [0.1, 0.15) is 0 Å². The summed E-state index contributed by atoms with van der Waals surface area (Å²) >= 11 is -2.09. The van der Waals surface area contributed by atoms with E-state index in [2.05, 4.69) is 24.3 Å². The van der Waals surface area contributed by atoms with Crippen LogP contribution in [0.3, 0.4) is 0 Å². The molecule has 0 aliphatic rings. The van der Waals surface area contributed by atoms with Gasteiger partial charge in [-0.25, -0.2) is 4.21 Å². The Balaban J connectivity index is 0.00000176. The summed E-state index contributed by atoms with van der Waals surface area (Å²) in [7, 11) is -0.862. The first-order valence-electron chi connectivity index (χ1n) is 6.36. The molecule has 1 unspecified atom stereocenters. The molecule has 2 aromatic carbocycles. The van der Waals surface area contributed by atoms with Crippen molar-refractivity contribution in [1.29, 1.82) is 0 Å². The zero-order valence-corrected chi connectivity index (χ0v) is 12.8. The predicted molar refractivity (Wildman–Crippen MR) is 93.6 cm³/mol. The second-order valence-electron chi connectivity index (χ2n) is 4.35. The van der Waals surface area contributed by atoms with Crippen LogP contribution >= 0.6 is 7.92 Å². The molecule has 0 aliphatic heterocycles. The van der Waals surface area contributed by atoms with Gasteiger partial charge in [-0.1, -0.05) is 60.7 Å². The molecule has 3 nitrogen and oxygen atoms in total. The molecule has 0 fully saturated rings. The normalized spacial score (nSPS) is 11.9. The first kappa shape index (κ1) is 17.6. The van der Waals surface area contributed by atoms with Crippen LogP contribution in [0.5, 0.6) is 0 Å². The summed E-state index contributed by atoms with van der Waals surface area (Å²) in [6, 6.07) is 23.5. The predicted octanol–water partition coefficient (Wildman–Crippen LogP) is 1.97. The Labute approximate surface area is 155 Å². The first-order valence-corrected chi connectivity index (χ1v) is 8.81. The Morgan fingerprint density at radius 1 is 0.818 bits per heavy atom. The Morgan fingerprint density at radius 2 is 1.32 bits per heavy atom. The molecule has 0 radical (unpaired) electrons. The van der Waals surface area contributed by atoms with Gasteiger partial charge in [-0.2, -0.15) is 0 Å². The number of benzene rings is 2. The van der Waals surface area contributed by atoms with Gasteiger partial charge in [0, 0.05) is 7.92 Å². The second kappa shape index (κ2) is 8.21. The third-order valence-corrected chi connectivity index (χ3v) is 5.86. The standard InChI is InChI=1S/C16H13O3PS.Na.H/c17-21(18)16-12-11-15(19-16)20(13-7-3-1-4-8-13)14-9-5-2-6-10-14;;/h1-12H,(H,17,18);;. The van der Waals surface area contributed by atoms with Crippen LogP contribution in [-0.2, 0) is 11.1 Å². The number of hydrogen-bond acceptors (Lipinski definition) is 2. The SMILES string of the molecule is O=S(O)c1ccc(P(c2ccccc2)c2ccccc2)o1.[NaH]. The summed E-state index contributed by atoms with van der Waals surface area (Å²) in [5.41, 5.74) is 0.722. The minimum atomic E-state index is -2.09. The molecule has 1 atom stereocenters. The van der Waals surface area contributed by atoms with Crippen molar-refractivity contribution in [2.24, 2.45) is 0 Å². The third kappa shape index (κ3) is 3.96. The van der Waals surface area contributed by atoms with E-state index in [0.29, 0.717) is 0 Å². The van der Waals surface area contributed by atoms with Crippen LogP contribution < -0.4 is 16.1 Å². The summed E-state index contributed by atoms with van der Waals surface area (Å²) in [6.45, 7) is 0. The molecule has 22 heavy (non-hydrogen) atoms. The minimum absolute atomic E-state index is 0. The van der Waals surface area contributed by atoms with E-state index in [4.69, 9.17) is 8.97 Å². The Morgan fingerprint density at radius 3 is 1.73 bits per heavy atom. The quantitative estimate of drug-likeness (QED) is 0.449. The molecular formula is C16H14NaO3PS. The van der Waals surface area contributed by atoms with Crippen molar-refractivity contribution in [2.45, 2.75) is 5.09 Å². The third-order valence-electron chi connectivity index (χ3n) is 2.99. The maximum absolute atomic E-state index is 11.1. The van der Waals surface area contributed by atoms with Crippen LogP contribution in [0.15, 0.2) is 82.3 Å². The van der Waals surface area contributed by atoms with Crippen molar-refractivity contribution >= 4 is 64.7 Å². The molecular weight excluding hydrogens is 326 g/mol. The Kier molecular flexibility index (Phi) is 6.57. The van der Waals surface area contributed by atoms with Gasteiger partial charge in [0.2, 0.25) is 16.2 Å². The van der Waals surface area contributed by atoms with E-state index in [1.165, 1.54) is 0 Å². The maximum atomic E-state index is 11.1. The Bertz CT molecular complexity index is 707. The van der Waals surface area contributed by atoms with E-state index in [-0.39, 0.29) is 34.6 Å². The monoisotopic (exact) mass is 340 g/mol. The van der Waals surface area contributed by atoms with Gasteiger partial charge in [-0.3, -0.25) is 4.55 Å². The number of hydrogen-bond donors (Lipinski definition) is 1. The van der Waals surface area contributed by atoms with E-state index in [1.807, 2.05) is 36.4 Å². The molecule has 108 valence electrons. The van der Waals surface area contributed by atoms with Gasteiger partial charge < -0.3 is 4.42 Å². The molecule has 0 bridgehead atoms. The van der Waals surface area contributed by atoms with Crippen molar-refractivity contribution in [3.05, 3.63) is 72.8 Å². The van der Waals surface area contributed by atoms with Crippen molar-refractivity contribution in [3.63, 3.8) is 0 Å². The fourth-order valence-corrected chi connectivity index (χ4v) is 4.65. The summed E-state index contributed by atoms with van der Waals surface area (Å²) in [5.74, 6) is 0. The molecule has 0 amide bonds. The van der Waals surface area contributed by atoms with E-state index < -0.39 is 19.0 Å². The van der Waals surface area contributed by atoms with E-state index in [1.54, 1.807) is 12.1 Å². The summed E-state index contributed by atoms with van der Waals surface area (Å²) in [6.07, 6.45) is 0. The molecule has 1 N–H and O–H groups in total. The molecule has 1 heterocycles. The molecule has 1 aromatic heterocycles. The fraction of sp³-hybridized carbons (Fsp3) is 0. The molecule has 3 rings (SSSR count). The summed E-state index contributed by atoms with van der Waals surface area (Å²) in [5, 5.41) is 2.37. The van der Waals surface area contributed by atoms with E-state index in [9.17, 15) is 4.21 Å². The van der Waals surface area contributed by atoms with Crippen LogP contribution in [-0.4, -0.2) is 38.3 Å². The average molecular weight is 340 g/mol. The topological polar surface area (TPSA) is 50.4 Å². The molecule has 0 spiro atoms. The summed E-state index contributed by atoms with van der Waals surface area (Å²) in [4.78, 5) is 0. The molecule has 0 aliphatic carbocycles. The van der Waals surface area contributed by atoms with Gasteiger partial charge in [0.25, 0.3) is 0 Å². The van der Waals surface area contributed by atoms with Crippen molar-refractivity contribution < 1.29 is 13.2 Å². The van der Waals surface area contributed by atoms with Crippen LogP contribution in [0.25, 0.3) is 0 Å². The zero-order valence-electron chi connectivity index (χ0n) is 11.0.